The lowest BCUT2D eigenvalue weighted by molar-refractivity contribution is -0.140. The lowest BCUT2D eigenvalue weighted by Crippen LogP contribution is -2.53. The third kappa shape index (κ3) is 7.28. The second-order valence-corrected chi connectivity index (χ2v) is 12.4. The number of anilines is 1. The van der Waals surface area contributed by atoms with Gasteiger partial charge in [-0.3, -0.25) is 13.9 Å². The average Bonchev–Trinajstić information content (AvgIpc) is 3.49. The lowest BCUT2D eigenvalue weighted by Gasteiger charge is -2.34. The van der Waals surface area contributed by atoms with Crippen molar-refractivity contribution in [3.8, 4) is 5.75 Å². The second kappa shape index (κ2) is 13.8. The summed E-state index contributed by atoms with van der Waals surface area (Å²) < 4.78 is 48.9. The molecular formula is C32H38FN3O5S. The van der Waals surface area contributed by atoms with Crippen molar-refractivity contribution in [2.45, 2.75) is 69.5 Å². The first-order valence-electron chi connectivity index (χ1n) is 14.2. The number of rotatable bonds is 12. The van der Waals surface area contributed by atoms with E-state index < -0.39 is 34.3 Å². The Morgan fingerprint density at radius 3 is 2.24 bits per heavy atom. The molecule has 1 fully saturated rings. The number of hydrogen-bond acceptors (Lipinski definition) is 5. The molecule has 4 rings (SSSR count). The highest BCUT2D eigenvalue weighted by atomic mass is 32.2. The molecule has 8 nitrogen and oxygen atoms in total. The molecule has 0 aromatic heterocycles. The topological polar surface area (TPSA) is 96.0 Å². The number of nitrogens with zero attached hydrogens (tertiary/aromatic N) is 2. The number of sulfonamides is 1. The van der Waals surface area contributed by atoms with Crippen molar-refractivity contribution >= 4 is 27.5 Å². The van der Waals surface area contributed by atoms with Gasteiger partial charge in [0.1, 0.15) is 24.2 Å². The minimum atomic E-state index is -4.35. The molecule has 42 heavy (non-hydrogen) atoms. The van der Waals surface area contributed by atoms with Crippen LogP contribution in [0.15, 0.2) is 77.7 Å². The van der Waals surface area contributed by atoms with E-state index in [1.54, 1.807) is 43.5 Å². The largest absolute Gasteiger partial charge is 0.497 e. The van der Waals surface area contributed by atoms with Crippen molar-refractivity contribution in [2.24, 2.45) is 0 Å². The molecule has 1 atom stereocenters. The van der Waals surface area contributed by atoms with Crippen LogP contribution in [0.1, 0.15) is 50.2 Å². The van der Waals surface area contributed by atoms with Gasteiger partial charge in [0.2, 0.25) is 11.8 Å². The van der Waals surface area contributed by atoms with Crippen LogP contribution < -0.4 is 14.4 Å². The third-order valence-corrected chi connectivity index (χ3v) is 9.38. The van der Waals surface area contributed by atoms with Crippen LogP contribution in [0.25, 0.3) is 0 Å². The van der Waals surface area contributed by atoms with E-state index in [0.29, 0.717) is 12.2 Å². The Kier molecular flexibility index (Phi) is 10.2. The zero-order valence-corrected chi connectivity index (χ0v) is 25.1. The predicted molar refractivity (Wildman–Crippen MR) is 160 cm³/mol. The molecule has 0 spiro atoms. The van der Waals surface area contributed by atoms with Gasteiger partial charge in [0, 0.05) is 12.6 Å². The summed E-state index contributed by atoms with van der Waals surface area (Å²) in [7, 11) is -2.79. The number of aryl methyl sites for hydroxylation is 1. The number of carbonyl (C=O) groups is 2. The summed E-state index contributed by atoms with van der Waals surface area (Å²) in [5.41, 5.74) is 1.33. The van der Waals surface area contributed by atoms with Crippen LogP contribution in [0.3, 0.4) is 0 Å². The van der Waals surface area contributed by atoms with Crippen molar-refractivity contribution < 1.29 is 27.1 Å². The molecule has 1 aliphatic rings. The van der Waals surface area contributed by atoms with Crippen molar-refractivity contribution in [1.82, 2.24) is 10.2 Å². The average molecular weight is 596 g/mol. The summed E-state index contributed by atoms with van der Waals surface area (Å²) >= 11 is 0. The first-order chi connectivity index (χ1) is 20.1. The first-order valence-corrected chi connectivity index (χ1v) is 15.6. The van der Waals surface area contributed by atoms with E-state index in [1.165, 1.54) is 35.2 Å². The maximum absolute atomic E-state index is 15.1. The summed E-state index contributed by atoms with van der Waals surface area (Å²) in [6.45, 7) is 2.99. The minimum absolute atomic E-state index is 0.0429. The molecule has 1 aliphatic carbocycles. The van der Waals surface area contributed by atoms with Crippen LogP contribution in [-0.2, 0) is 26.2 Å². The van der Waals surface area contributed by atoms with Gasteiger partial charge in [-0.05, 0) is 68.1 Å². The molecule has 0 bridgehead atoms. The molecule has 0 unspecified atom stereocenters. The normalized spacial score (nSPS) is 14.3. The minimum Gasteiger partial charge on any atom is -0.497 e. The molecule has 1 N–H and O–H groups in total. The monoisotopic (exact) mass is 595 g/mol. The molecular weight excluding hydrogens is 557 g/mol. The summed E-state index contributed by atoms with van der Waals surface area (Å²) in [5, 5.41) is 3.08. The number of ether oxygens (including phenoxy) is 1. The number of carbonyl (C=O) groups excluding carboxylic acids is 2. The van der Waals surface area contributed by atoms with Gasteiger partial charge in [-0.25, -0.2) is 12.8 Å². The van der Waals surface area contributed by atoms with Crippen molar-refractivity contribution in [1.29, 1.82) is 0 Å². The number of hydrogen-bond donors (Lipinski definition) is 1. The number of para-hydroxylation sites is 1. The summed E-state index contributed by atoms with van der Waals surface area (Å²) in [6.07, 6.45) is 4.13. The maximum Gasteiger partial charge on any atom is 0.264 e. The van der Waals surface area contributed by atoms with Crippen LogP contribution >= 0.6 is 0 Å². The fourth-order valence-electron chi connectivity index (χ4n) is 5.22. The van der Waals surface area contributed by atoms with Crippen LogP contribution in [0.5, 0.6) is 5.75 Å². The number of nitrogens with one attached hydrogen (secondary N) is 1. The van der Waals surface area contributed by atoms with Gasteiger partial charge >= 0.3 is 0 Å². The Bertz CT molecular complexity index is 1470. The summed E-state index contributed by atoms with van der Waals surface area (Å²) in [5.74, 6) is -1.06. The number of benzene rings is 3. The highest BCUT2D eigenvalue weighted by molar-refractivity contribution is 7.92. The van der Waals surface area contributed by atoms with Crippen LogP contribution in [0.2, 0.25) is 0 Å². The first kappa shape index (κ1) is 31.0. The van der Waals surface area contributed by atoms with Crippen LogP contribution in [0, 0.1) is 12.7 Å². The molecule has 0 aliphatic heterocycles. The molecule has 0 saturated heterocycles. The third-order valence-electron chi connectivity index (χ3n) is 7.61. The highest BCUT2D eigenvalue weighted by Crippen LogP contribution is 2.28. The van der Waals surface area contributed by atoms with Gasteiger partial charge < -0.3 is 15.0 Å². The molecule has 10 heteroatoms. The van der Waals surface area contributed by atoms with Gasteiger partial charge in [0.05, 0.1) is 17.7 Å². The van der Waals surface area contributed by atoms with Gasteiger partial charge in [-0.15, -0.1) is 0 Å². The van der Waals surface area contributed by atoms with E-state index in [2.05, 4.69) is 5.32 Å². The fraction of sp³-hybridized carbons (Fsp3) is 0.375. The van der Waals surface area contributed by atoms with E-state index in [0.717, 1.165) is 47.2 Å². The van der Waals surface area contributed by atoms with E-state index in [4.69, 9.17) is 4.74 Å². The maximum atomic E-state index is 15.1. The Morgan fingerprint density at radius 1 is 1.00 bits per heavy atom. The quantitative estimate of drug-likeness (QED) is 0.310. The van der Waals surface area contributed by atoms with Crippen LogP contribution in [0.4, 0.5) is 10.1 Å². The van der Waals surface area contributed by atoms with Gasteiger partial charge in [0.25, 0.3) is 10.0 Å². The second-order valence-electron chi connectivity index (χ2n) is 10.6. The predicted octanol–water partition coefficient (Wildman–Crippen LogP) is 5.20. The van der Waals surface area contributed by atoms with E-state index >= 15 is 4.39 Å². The molecule has 0 radical (unpaired) electrons. The molecule has 2 amide bonds. The molecule has 3 aromatic carbocycles. The smallest absolute Gasteiger partial charge is 0.264 e. The Morgan fingerprint density at radius 2 is 1.64 bits per heavy atom. The van der Waals surface area contributed by atoms with Gasteiger partial charge in [0.15, 0.2) is 0 Å². The van der Waals surface area contributed by atoms with Gasteiger partial charge in [-0.2, -0.15) is 0 Å². The van der Waals surface area contributed by atoms with E-state index in [1.807, 2.05) is 13.8 Å². The molecule has 224 valence electrons. The zero-order valence-electron chi connectivity index (χ0n) is 24.3. The summed E-state index contributed by atoms with van der Waals surface area (Å²) in [4.78, 5) is 29.0. The summed E-state index contributed by atoms with van der Waals surface area (Å²) in [6, 6.07) is 17.9. The molecule has 3 aromatic rings. The standard InChI is InChI=1S/C32H38FN3O5S/c1-4-29(32(38)34-25-9-5-6-10-25)35(21-24-15-17-26(41-3)18-16-24)31(37)22-36(30-12-8-7-11-28(30)33)42(39,40)27-19-13-23(2)14-20-27/h7-8,11-20,25,29H,4-6,9-10,21-22H2,1-3H3,(H,34,38)/t29-/m0/s1. The van der Waals surface area contributed by atoms with Gasteiger partial charge in [-0.1, -0.05) is 61.7 Å². The lowest BCUT2D eigenvalue weighted by atomic mass is 10.1. The van der Waals surface area contributed by atoms with Crippen molar-refractivity contribution in [3.63, 3.8) is 0 Å². The number of methoxy groups -OCH3 is 1. The van der Waals surface area contributed by atoms with Crippen LogP contribution in [-0.4, -0.2) is 50.9 Å². The van der Waals surface area contributed by atoms with Crippen molar-refractivity contribution in [2.75, 3.05) is 18.0 Å². The van der Waals surface area contributed by atoms with E-state index in [9.17, 15) is 18.0 Å². The zero-order chi connectivity index (χ0) is 30.3. The fourth-order valence-corrected chi connectivity index (χ4v) is 6.64. The Labute approximate surface area is 247 Å². The number of halogens is 1. The molecule has 0 heterocycles. The van der Waals surface area contributed by atoms with Crippen molar-refractivity contribution in [3.05, 3.63) is 89.7 Å². The SMILES string of the molecule is CC[C@@H](C(=O)NC1CCCC1)N(Cc1ccc(OC)cc1)C(=O)CN(c1ccccc1F)S(=O)(=O)c1ccc(C)cc1. The number of amides is 2. The Balaban J connectivity index is 1.72. The van der Waals surface area contributed by atoms with E-state index in [-0.39, 0.29) is 29.1 Å². The highest BCUT2D eigenvalue weighted by Gasteiger charge is 2.35. The Hall–Kier alpha value is -3.92. The molecule has 1 saturated carbocycles.